The van der Waals surface area contributed by atoms with E-state index in [0.717, 1.165) is 47.2 Å². The number of methoxy groups -OCH3 is 5. The summed E-state index contributed by atoms with van der Waals surface area (Å²) in [5.74, 6) is 4.71. The molecule has 5 atom stereocenters. The van der Waals surface area contributed by atoms with Gasteiger partial charge in [0.25, 0.3) is 0 Å². The highest BCUT2D eigenvalue weighted by Crippen LogP contribution is 2.41. The van der Waals surface area contributed by atoms with Crippen molar-refractivity contribution in [2.45, 2.75) is 152 Å². The van der Waals surface area contributed by atoms with Crippen LogP contribution in [0.1, 0.15) is 155 Å². The number of nitrogens with zero attached hydrogens (tertiary/aromatic N) is 5. The molecule has 12 aromatic rings. The Bertz CT molecular complexity index is 5610. The maximum absolute atomic E-state index is 6.18. The summed E-state index contributed by atoms with van der Waals surface area (Å²) in [6, 6.07) is 84.7. The quantitative estimate of drug-likeness (QED) is 0.0282. The fraction of sp³-hybridized carbons (Fsp3) is 0.374. The molecule has 0 aliphatic rings. The van der Waals surface area contributed by atoms with Crippen molar-refractivity contribution < 1.29 is 47.4 Å². The summed E-state index contributed by atoms with van der Waals surface area (Å²) >= 11 is 0. The van der Waals surface area contributed by atoms with Crippen molar-refractivity contribution in [3.8, 4) is 28.7 Å². The number of anilines is 5. The number of aryl methyl sites for hydroxylation is 5. The van der Waals surface area contributed by atoms with Crippen LogP contribution in [0.5, 0.6) is 28.7 Å². The molecule has 0 bridgehead atoms. The van der Waals surface area contributed by atoms with Crippen LogP contribution in [0.2, 0.25) is 0 Å². The molecule has 0 spiro atoms. The Morgan fingerprint density at radius 2 is 0.578 bits per heavy atom. The van der Waals surface area contributed by atoms with E-state index in [1.807, 2.05) is 6.07 Å². The second kappa shape index (κ2) is 52.9. The van der Waals surface area contributed by atoms with Crippen molar-refractivity contribution >= 4 is 124 Å². The van der Waals surface area contributed by atoms with Crippen molar-refractivity contribution in [1.82, 2.24) is 0 Å². The second-order valence-corrected chi connectivity index (χ2v) is 45.8. The first kappa shape index (κ1) is 111. The van der Waals surface area contributed by atoms with Crippen LogP contribution in [-0.2, 0) is 58.2 Å². The summed E-state index contributed by atoms with van der Waals surface area (Å²) in [7, 11) is 31.8. The van der Waals surface area contributed by atoms with E-state index in [1.165, 1.54) is 148 Å². The predicted octanol–water partition coefficient (Wildman–Crippen LogP) is 21.7. The lowest BCUT2D eigenvalue weighted by molar-refractivity contribution is 0.0504. The highest BCUT2D eigenvalue weighted by molar-refractivity contribution is 7.57. The molecule has 12 rings (SSSR count). The highest BCUT2D eigenvalue weighted by atomic mass is 31.1. The highest BCUT2D eigenvalue weighted by Gasteiger charge is 2.29. The minimum Gasteiger partial charge on any atom is -0.467 e. The lowest BCUT2D eigenvalue weighted by Crippen LogP contribution is -2.24. The van der Waals surface area contributed by atoms with Crippen molar-refractivity contribution in [1.29, 1.82) is 0 Å². The summed E-state index contributed by atoms with van der Waals surface area (Å²) < 4.78 is 56.0. The molecular formula is C115H154N5O10P5. The summed E-state index contributed by atoms with van der Waals surface area (Å²) in [4.78, 5) is 10.9. The van der Waals surface area contributed by atoms with E-state index in [1.54, 1.807) is 35.5 Å². The zero-order valence-corrected chi connectivity index (χ0v) is 91.8. The molecule has 15 nitrogen and oxygen atoms in total. The molecule has 20 heteroatoms. The molecular weight excluding hydrogens is 1770 g/mol. The largest absolute Gasteiger partial charge is 0.467 e. The number of hydrogen-bond acceptors (Lipinski definition) is 15. The third kappa shape index (κ3) is 34.0. The van der Waals surface area contributed by atoms with Crippen molar-refractivity contribution in [3.05, 3.63) is 309 Å². The average molecular weight is 1920 g/mol. The molecule has 0 saturated carbocycles. The summed E-state index contributed by atoms with van der Waals surface area (Å²) in [6.45, 7) is 39.0. The second-order valence-electron chi connectivity index (χ2n) is 39.2. The number of benzene rings is 12. The molecule has 0 N–H and O–H groups in total. The van der Waals surface area contributed by atoms with Gasteiger partial charge in [0.2, 0.25) is 0 Å². The number of hydrogen-bond donors (Lipinski definition) is 0. The predicted molar refractivity (Wildman–Crippen MR) is 593 cm³/mol. The Balaban J connectivity index is 0.000000208. The topological polar surface area (TPSA) is 109 Å². The number of rotatable bonds is 34. The molecule has 0 fully saturated rings. The Labute approximate surface area is 820 Å². The molecule has 0 aliphatic heterocycles. The molecule has 0 aliphatic carbocycles. The zero-order valence-electron chi connectivity index (χ0n) is 86.8. The van der Waals surface area contributed by atoms with Gasteiger partial charge in [0.15, 0.2) is 34.0 Å². The first-order valence-electron chi connectivity index (χ1n) is 46.1. The van der Waals surface area contributed by atoms with Crippen LogP contribution in [-0.4, -0.2) is 140 Å². The van der Waals surface area contributed by atoms with Gasteiger partial charge in [0.05, 0.1) is 0 Å². The molecule has 5 unspecified atom stereocenters. The van der Waals surface area contributed by atoms with E-state index in [4.69, 9.17) is 47.4 Å². The van der Waals surface area contributed by atoms with Gasteiger partial charge in [-0.15, -0.1) is 0 Å². The smallest absolute Gasteiger partial charge is 0.188 e. The van der Waals surface area contributed by atoms with Crippen LogP contribution in [0, 0.1) is 34.6 Å². The Morgan fingerprint density at radius 1 is 0.237 bits per heavy atom. The van der Waals surface area contributed by atoms with Crippen molar-refractivity contribution in [2.75, 3.05) is 164 Å². The Morgan fingerprint density at radius 3 is 0.993 bits per heavy atom. The lowest BCUT2D eigenvalue weighted by Gasteiger charge is -2.29. The SMILES string of the molecule is COCOc1c(C)cc(C(C)(C)C)cc1Pc1ccc(C)cc1N(C)C.COCOc1c(Cc2ccccc2)cccc1Pc1ccccc1N(C)C.COCOc1c(Pc2ccc(C)cc2N(C)C)cc(C(C)(C)C)cc1C(C)(C)C.COCOc1c(Pc2ccc(C)cc2N(C)C)cc(C)cc1C(C)(C)C.COCOc1ccc(Cc2ccccc2)cc1Pc1ccccc1N(C)C. The zero-order chi connectivity index (χ0) is 99.1. The molecule has 135 heavy (non-hydrogen) atoms. The van der Waals surface area contributed by atoms with Crippen molar-refractivity contribution in [3.63, 3.8) is 0 Å². The molecule has 12 aromatic carbocycles. The van der Waals surface area contributed by atoms with Gasteiger partial charge >= 0.3 is 0 Å². The number of para-hydroxylation sites is 3. The van der Waals surface area contributed by atoms with Crippen LogP contribution in [0.15, 0.2) is 237 Å². The lowest BCUT2D eigenvalue weighted by atomic mass is 9.80. The summed E-state index contributed by atoms with van der Waals surface area (Å²) in [5.41, 5.74) is 22.9. The van der Waals surface area contributed by atoms with E-state index < -0.39 is 0 Å². The van der Waals surface area contributed by atoms with Gasteiger partial charge < -0.3 is 71.9 Å². The minimum absolute atomic E-state index is 0.00593. The van der Waals surface area contributed by atoms with Crippen LogP contribution in [0.25, 0.3) is 0 Å². The van der Waals surface area contributed by atoms with E-state index in [-0.39, 0.29) is 55.6 Å². The maximum atomic E-state index is 6.18. The van der Waals surface area contributed by atoms with Gasteiger partial charge in [-0.25, -0.2) is 0 Å². The van der Waals surface area contributed by atoms with E-state index in [0.29, 0.717) is 42.9 Å². The molecule has 0 aromatic heterocycles. The standard InChI is InChI=1S/C25H38NO2P.2C23H26NO2P.2C22H32NO2P/c1-17-11-12-21(20(13-17)26(8)9)29-22-15-18(24(2,3)4)14-19(25(5,6)7)23(22)28-16-27-10;1-24(2)20-13-7-8-14-21(20)27-22-15-9-12-19(23(22)26-17-25-3)16-18-10-5-4-6-11-18;1-24(2)20-11-7-8-12-22(20)27-23-16-19(13-14-21(23)26-17-25-3)15-18-9-5-4-6-10-18;1-15-9-10-19(18(12-15)23(6)7)26-20-13-16(2)11-17(22(3,4)5)21(20)25-14-24-8;1-15-9-10-19(18(11-15)23(6)7)26-20-13-17(22(3,4)5)12-16(2)21(20)25-14-24-8/h11-15,29H,16H2,1-10H3;4-15,27H,16-17H2,1-3H3;4-14,16,27H,15,17H2,1-3H3;2*9-13,26H,14H2,1-8H3. The Hall–Kier alpha value is -9.41. The Kier molecular flexibility index (Phi) is 43.5. The van der Waals surface area contributed by atoms with E-state index >= 15 is 0 Å². The van der Waals surface area contributed by atoms with Crippen LogP contribution < -0.4 is 101 Å². The normalized spacial score (nSPS) is 11.8. The summed E-state index contributed by atoms with van der Waals surface area (Å²) in [6.07, 6.45) is 1.76. The minimum atomic E-state index is -0.0266. The fourth-order valence-corrected chi connectivity index (χ4v) is 22.4. The maximum Gasteiger partial charge on any atom is 0.188 e. The van der Waals surface area contributed by atoms with E-state index in [9.17, 15) is 0 Å². The third-order valence-corrected chi connectivity index (χ3v) is 28.9. The van der Waals surface area contributed by atoms with Gasteiger partial charge in [-0.05, 0) is 185 Å². The molecule has 0 radical (unpaired) electrons. The first-order chi connectivity index (χ1) is 64.0. The monoisotopic (exact) mass is 1920 g/mol. The van der Waals surface area contributed by atoms with Crippen molar-refractivity contribution in [2.24, 2.45) is 0 Å². The van der Waals surface area contributed by atoms with E-state index in [2.05, 4.69) is 443 Å². The van der Waals surface area contributed by atoms with Gasteiger partial charge in [-0.2, -0.15) is 0 Å². The van der Waals surface area contributed by atoms with Gasteiger partial charge in [0, 0.05) is 205 Å². The van der Waals surface area contributed by atoms with Crippen LogP contribution in [0.3, 0.4) is 0 Å². The third-order valence-electron chi connectivity index (χ3n) is 22.2. The van der Waals surface area contributed by atoms with Gasteiger partial charge in [-0.1, -0.05) is 302 Å². The van der Waals surface area contributed by atoms with Crippen LogP contribution in [0.4, 0.5) is 28.4 Å². The first-order valence-corrected chi connectivity index (χ1v) is 51.1. The summed E-state index contributed by atoms with van der Waals surface area (Å²) in [5, 5.41) is 12.7. The van der Waals surface area contributed by atoms with Crippen LogP contribution >= 0.6 is 42.9 Å². The molecule has 724 valence electrons. The van der Waals surface area contributed by atoms with Gasteiger partial charge in [0.1, 0.15) is 28.7 Å². The molecule has 0 amide bonds. The molecule has 0 saturated heterocycles. The number of ether oxygens (including phenoxy) is 10. The molecule has 0 heterocycles. The fourth-order valence-electron chi connectivity index (χ4n) is 15.1. The van der Waals surface area contributed by atoms with Gasteiger partial charge in [-0.3, -0.25) is 0 Å². The average Bonchev–Trinajstić information content (AvgIpc) is 0.772.